The minimum absolute atomic E-state index is 0.870. The van der Waals surface area contributed by atoms with Gasteiger partial charge in [-0.1, -0.05) is 140 Å². The largest absolute Gasteiger partial charge is 0.456 e. The lowest BCUT2D eigenvalue weighted by Gasteiger charge is -2.14. The highest BCUT2D eigenvalue weighted by Gasteiger charge is 2.29. The molecule has 0 amide bonds. The second kappa shape index (κ2) is 10.4. The van der Waals surface area contributed by atoms with Crippen LogP contribution in [0, 0.1) is 0 Å². The summed E-state index contributed by atoms with van der Waals surface area (Å²) in [5.74, 6) is 0. The van der Waals surface area contributed by atoms with Crippen molar-refractivity contribution in [2.45, 2.75) is 0 Å². The lowest BCUT2D eigenvalue weighted by Crippen LogP contribution is -1.94. The van der Waals surface area contributed by atoms with Crippen LogP contribution in [0.15, 0.2) is 168 Å². The number of hydrogen-bond donors (Lipinski definition) is 0. The quantitative estimate of drug-likeness (QED) is 0.193. The minimum Gasteiger partial charge on any atom is -0.456 e. The molecule has 11 rings (SSSR count). The average Bonchev–Trinajstić information content (AvgIpc) is 3.85. The van der Waals surface area contributed by atoms with Gasteiger partial charge in [-0.2, -0.15) is 0 Å². The van der Waals surface area contributed by atoms with Gasteiger partial charge in [0.2, 0.25) is 0 Å². The van der Waals surface area contributed by atoms with Gasteiger partial charge in [0.15, 0.2) is 0 Å². The summed E-state index contributed by atoms with van der Waals surface area (Å²) in [6.07, 6.45) is 4.11. The van der Waals surface area contributed by atoms with Crippen LogP contribution >= 0.6 is 0 Å². The Bertz CT molecular complexity index is 3050. The van der Waals surface area contributed by atoms with E-state index in [4.69, 9.17) is 14.4 Å². The minimum atomic E-state index is 0.870. The van der Waals surface area contributed by atoms with Crippen LogP contribution in [0.2, 0.25) is 0 Å². The van der Waals surface area contributed by atoms with Gasteiger partial charge in [-0.05, 0) is 23.3 Å². The molecule has 11 aromatic rings. The van der Waals surface area contributed by atoms with E-state index in [2.05, 4.69) is 162 Å². The van der Waals surface area contributed by atoms with E-state index < -0.39 is 0 Å². The van der Waals surface area contributed by atoms with E-state index >= 15 is 0 Å². The molecule has 4 heteroatoms. The van der Waals surface area contributed by atoms with E-state index in [9.17, 15) is 0 Å². The van der Waals surface area contributed by atoms with Gasteiger partial charge < -0.3 is 8.82 Å². The first-order valence-corrected chi connectivity index (χ1v) is 16.9. The number of aromatic nitrogens is 3. The van der Waals surface area contributed by atoms with Crippen molar-refractivity contribution in [1.82, 2.24) is 14.4 Å². The van der Waals surface area contributed by atoms with E-state index in [0.717, 1.165) is 99.4 Å². The third kappa shape index (κ3) is 3.70. The number of benzene rings is 6. The first-order chi connectivity index (χ1) is 24.8. The van der Waals surface area contributed by atoms with Gasteiger partial charge in [0.1, 0.15) is 11.2 Å². The summed E-state index contributed by atoms with van der Waals surface area (Å²) in [5, 5.41) is 6.85. The predicted molar refractivity (Wildman–Crippen MR) is 206 cm³/mol. The Morgan fingerprint density at radius 1 is 0.400 bits per heavy atom. The highest BCUT2D eigenvalue weighted by molar-refractivity contribution is 6.38. The lowest BCUT2D eigenvalue weighted by molar-refractivity contribution is 0.669. The van der Waals surface area contributed by atoms with Crippen LogP contribution in [-0.4, -0.2) is 14.4 Å². The van der Waals surface area contributed by atoms with Crippen LogP contribution < -0.4 is 0 Å². The van der Waals surface area contributed by atoms with E-state index in [-0.39, 0.29) is 0 Å². The van der Waals surface area contributed by atoms with Gasteiger partial charge in [-0.3, -0.25) is 9.97 Å². The average molecular weight is 638 g/mol. The maximum absolute atomic E-state index is 6.74. The second-order valence-electron chi connectivity index (χ2n) is 12.9. The molecule has 0 atom stereocenters. The summed E-state index contributed by atoms with van der Waals surface area (Å²) in [5.41, 5.74) is 13.5. The standard InChI is InChI=1S/C46H27N3O/c1-5-15-28(16-6-1)38-40-33-25-37-41(32-23-13-14-24-36(32)50-37)43-42-35(49(46(33)43)34(40)26-47-44(38)30-19-9-3-10-20-30)27-48-45(31-21-11-4-12-22-31)39(42)29-17-7-2-8-18-29/h1-27H. The molecule has 50 heavy (non-hydrogen) atoms. The Morgan fingerprint density at radius 2 is 0.880 bits per heavy atom. The van der Waals surface area contributed by atoms with E-state index in [0.29, 0.717) is 0 Å². The first-order valence-electron chi connectivity index (χ1n) is 16.9. The maximum Gasteiger partial charge on any atom is 0.136 e. The first kappa shape index (κ1) is 27.2. The van der Waals surface area contributed by atoms with Crippen molar-refractivity contribution < 1.29 is 4.42 Å². The van der Waals surface area contributed by atoms with Crippen LogP contribution in [0.4, 0.5) is 0 Å². The molecule has 4 nitrogen and oxygen atoms in total. The van der Waals surface area contributed by atoms with Crippen LogP contribution in [0.25, 0.3) is 105 Å². The van der Waals surface area contributed by atoms with Gasteiger partial charge >= 0.3 is 0 Å². The zero-order valence-electron chi connectivity index (χ0n) is 26.8. The molecule has 0 radical (unpaired) electrons. The fourth-order valence-electron chi connectivity index (χ4n) is 8.18. The van der Waals surface area contributed by atoms with Crippen molar-refractivity contribution in [2.24, 2.45) is 0 Å². The number of hydrogen-bond acceptors (Lipinski definition) is 3. The topological polar surface area (TPSA) is 43.3 Å². The Kier molecular flexibility index (Phi) is 5.63. The van der Waals surface area contributed by atoms with E-state index in [1.54, 1.807) is 0 Å². The smallest absolute Gasteiger partial charge is 0.136 e. The molecule has 0 saturated heterocycles. The summed E-state index contributed by atoms with van der Waals surface area (Å²) in [7, 11) is 0. The molecule has 0 unspecified atom stereocenters. The monoisotopic (exact) mass is 637 g/mol. The third-order valence-corrected chi connectivity index (χ3v) is 10.2. The third-order valence-electron chi connectivity index (χ3n) is 10.2. The zero-order chi connectivity index (χ0) is 32.8. The van der Waals surface area contributed by atoms with Crippen molar-refractivity contribution in [3.63, 3.8) is 0 Å². The molecule has 0 N–H and O–H groups in total. The number of furan rings is 1. The molecule has 232 valence electrons. The van der Waals surface area contributed by atoms with Crippen LogP contribution in [0.3, 0.4) is 0 Å². The van der Waals surface area contributed by atoms with Crippen molar-refractivity contribution in [3.05, 3.63) is 164 Å². The van der Waals surface area contributed by atoms with Crippen molar-refractivity contribution in [1.29, 1.82) is 0 Å². The van der Waals surface area contributed by atoms with Crippen molar-refractivity contribution in [3.8, 4) is 44.8 Å². The normalized spacial score (nSPS) is 12.0. The van der Waals surface area contributed by atoms with Crippen LogP contribution in [0.5, 0.6) is 0 Å². The molecule has 0 spiro atoms. The van der Waals surface area contributed by atoms with Gasteiger partial charge in [-0.15, -0.1) is 0 Å². The van der Waals surface area contributed by atoms with Gasteiger partial charge in [-0.25, -0.2) is 0 Å². The van der Waals surface area contributed by atoms with E-state index in [1.807, 2.05) is 6.07 Å². The van der Waals surface area contributed by atoms with Gasteiger partial charge in [0.05, 0.1) is 40.3 Å². The SMILES string of the molecule is c1ccc(-c2ncc3c(c2-c2ccccc2)c2cc4oc5ccccc5c4c4c5c(-c6ccccc6)c(-c6ccccc6)ncc5n3c24)cc1. The van der Waals surface area contributed by atoms with Crippen molar-refractivity contribution in [2.75, 3.05) is 0 Å². The summed E-state index contributed by atoms with van der Waals surface area (Å²) >= 11 is 0. The number of pyridine rings is 2. The molecule has 5 heterocycles. The predicted octanol–water partition coefficient (Wildman–Crippen LogP) is 12.2. The molecular formula is C46H27N3O. The molecule has 0 saturated carbocycles. The number of nitrogens with zero attached hydrogens (tertiary/aromatic N) is 3. The van der Waals surface area contributed by atoms with Crippen LogP contribution in [-0.2, 0) is 0 Å². The molecule has 6 aromatic carbocycles. The maximum atomic E-state index is 6.74. The van der Waals surface area contributed by atoms with Gasteiger partial charge in [0, 0.05) is 54.6 Å². The summed E-state index contributed by atoms with van der Waals surface area (Å²) < 4.78 is 9.14. The number of fused-ring (bicyclic) bond motifs is 10. The number of para-hydroxylation sites is 1. The lowest BCUT2D eigenvalue weighted by atomic mass is 9.91. The molecule has 0 aliphatic rings. The highest BCUT2D eigenvalue weighted by Crippen LogP contribution is 2.51. The Morgan fingerprint density at radius 3 is 1.46 bits per heavy atom. The fourth-order valence-corrected chi connectivity index (χ4v) is 8.18. The Labute approximate surface area is 286 Å². The summed E-state index contributed by atoms with van der Waals surface area (Å²) in [6, 6.07) is 53.0. The van der Waals surface area contributed by atoms with Crippen LogP contribution in [0.1, 0.15) is 0 Å². The Balaban J connectivity index is 1.43. The second-order valence-corrected chi connectivity index (χ2v) is 12.9. The molecule has 0 aliphatic carbocycles. The molecular weight excluding hydrogens is 611 g/mol. The van der Waals surface area contributed by atoms with E-state index in [1.165, 1.54) is 5.39 Å². The summed E-state index contributed by atoms with van der Waals surface area (Å²) in [6.45, 7) is 0. The molecule has 0 bridgehead atoms. The highest BCUT2D eigenvalue weighted by atomic mass is 16.3. The van der Waals surface area contributed by atoms with Crippen molar-refractivity contribution >= 4 is 60.0 Å². The van der Waals surface area contributed by atoms with Gasteiger partial charge in [0.25, 0.3) is 0 Å². The molecule has 5 aromatic heterocycles. The Hall–Kier alpha value is -6.78. The fraction of sp³-hybridized carbons (Fsp3) is 0. The zero-order valence-corrected chi connectivity index (χ0v) is 26.8. The number of rotatable bonds is 4. The summed E-state index contributed by atoms with van der Waals surface area (Å²) in [4.78, 5) is 10.5. The molecule has 0 fully saturated rings. The molecule has 0 aliphatic heterocycles.